The van der Waals surface area contributed by atoms with Crippen molar-refractivity contribution < 1.29 is 19.2 Å². The van der Waals surface area contributed by atoms with Crippen molar-refractivity contribution in [2.24, 2.45) is 0 Å². The third-order valence-corrected chi connectivity index (χ3v) is 3.62. The summed E-state index contributed by atoms with van der Waals surface area (Å²) in [7, 11) is 1.33. The molecule has 1 aromatic rings. The van der Waals surface area contributed by atoms with Gasteiger partial charge in [-0.3, -0.25) is 15.0 Å². The highest BCUT2D eigenvalue weighted by Crippen LogP contribution is 2.23. The summed E-state index contributed by atoms with van der Waals surface area (Å²) >= 11 is 0. The van der Waals surface area contributed by atoms with E-state index in [1.807, 2.05) is 11.0 Å². The summed E-state index contributed by atoms with van der Waals surface area (Å²) in [6.45, 7) is 3.83. The van der Waals surface area contributed by atoms with E-state index in [1.165, 1.54) is 13.2 Å². The molecule has 7 heteroatoms. The number of ether oxygens (including phenoxy) is 2. The number of hydrogen-bond acceptors (Lipinski definition) is 6. The first-order valence-electron chi connectivity index (χ1n) is 6.67. The quantitative estimate of drug-likeness (QED) is 0.472. The van der Waals surface area contributed by atoms with Gasteiger partial charge in [0.05, 0.1) is 18.6 Å². The zero-order valence-corrected chi connectivity index (χ0v) is 12.1. The minimum atomic E-state index is -0.595. The fourth-order valence-electron chi connectivity index (χ4n) is 2.40. The second-order valence-electron chi connectivity index (χ2n) is 4.94. The van der Waals surface area contributed by atoms with Crippen molar-refractivity contribution >= 4 is 11.7 Å². The van der Waals surface area contributed by atoms with Crippen molar-refractivity contribution in [2.45, 2.75) is 19.6 Å². The lowest BCUT2D eigenvalue weighted by Gasteiger charge is -2.31. The maximum absolute atomic E-state index is 11.5. The molecule has 2 rings (SSSR count). The third kappa shape index (κ3) is 3.56. The number of rotatable bonds is 4. The number of benzene rings is 1. The predicted octanol–water partition coefficient (Wildman–Crippen LogP) is 1.28. The molecule has 0 amide bonds. The number of morpholine rings is 1. The summed E-state index contributed by atoms with van der Waals surface area (Å²) < 4.78 is 10.0. The number of hydrogen-bond donors (Lipinski definition) is 0. The molecule has 114 valence electrons. The number of nitro groups is 1. The highest BCUT2D eigenvalue weighted by Gasteiger charge is 2.28. The molecule has 1 atom stereocenters. The van der Waals surface area contributed by atoms with Crippen molar-refractivity contribution in [3.8, 4) is 0 Å². The first-order valence-corrected chi connectivity index (χ1v) is 6.67. The largest absolute Gasteiger partial charge is 0.467 e. The molecule has 0 aliphatic carbocycles. The minimum absolute atomic E-state index is 0.116. The molecule has 1 unspecified atom stereocenters. The van der Waals surface area contributed by atoms with Gasteiger partial charge in [-0.1, -0.05) is 12.1 Å². The molecule has 1 aliphatic rings. The predicted molar refractivity (Wildman–Crippen MR) is 74.9 cm³/mol. The second-order valence-corrected chi connectivity index (χ2v) is 4.94. The molecule has 1 aromatic carbocycles. The Morgan fingerprint density at radius 2 is 2.33 bits per heavy atom. The summed E-state index contributed by atoms with van der Waals surface area (Å²) in [6.07, 6.45) is -0.595. The molecule has 0 spiro atoms. The van der Waals surface area contributed by atoms with Gasteiger partial charge in [-0.15, -0.1) is 0 Å². The van der Waals surface area contributed by atoms with Gasteiger partial charge in [-0.25, -0.2) is 4.79 Å². The van der Waals surface area contributed by atoms with Gasteiger partial charge in [0.1, 0.15) is 0 Å². The molecule has 1 aliphatic heterocycles. The lowest BCUT2D eigenvalue weighted by atomic mass is 10.1. The summed E-state index contributed by atoms with van der Waals surface area (Å²) in [5.41, 5.74) is 1.66. The van der Waals surface area contributed by atoms with Gasteiger partial charge in [-0.2, -0.15) is 0 Å². The van der Waals surface area contributed by atoms with Gasteiger partial charge in [0, 0.05) is 31.3 Å². The molecule has 21 heavy (non-hydrogen) atoms. The van der Waals surface area contributed by atoms with Crippen LogP contribution in [0.25, 0.3) is 0 Å². The Bertz CT molecular complexity index is 546. The van der Waals surface area contributed by atoms with Crippen LogP contribution >= 0.6 is 0 Å². The maximum Gasteiger partial charge on any atom is 0.336 e. The van der Waals surface area contributed by atoms with Gasteiger partial charge in [0.15, 0.2) is 6.10 Å². The van der Waals surface area contributed by atoms with Crippen molar-refractivity contribution in [2.75, 3.05) is 26.8 Å². The van der Waals surface area contributed by atoms with E-state index in [4.69, 9.17) is 4.74 Å². The maximum atomic E-state index is 11.5. The van der Waals surface area contributed by atoms with Crippen LogP contribution in [0.4, 0.5) is 5.69 Å². The molecule has 7 nitrogen and oxygen atoms in total. The molecule has 0 N–H and O–H groups in total. The topological polar surface area (TPSA) is 81.9 Å². The second kappa shape index (κ2) is 6.64. The zero-order valence-electron chi connectivity index (χ0n) is 12.1. The van der Waals surface area contributed by atoms with Crippen LogP contribution in [0.2, 0.25) is 0 Å². The fourth-order valence-corrected chi connectivity index (χ4v) is 2.40. The molecular formula is C14H18N2O5. The van der Waals surface area contributed by atoms with Crippen LogP contribution in [0.15, 0.2) is 18.2 Å². The van der Waals surface area contributed by atoms with E-state index in [-0.39, 0.29) is 10.6 Å². The van der Waals surface area contributed by atoms with Crippen molar-refractivity contribution in [3.63, 3.8) is 0 Å². The Labute approximate surface area is 122 Å². The third-order valence-electron chi connectivity index (χ3n) is 3.62. The molecule has 1 saturated heterocycles. The Balaban J connectivity index is 2.09. The zero-order chi connectivity index (χ0) is 15.4. The van der Waals surface area contributed by atoms with Crippen LogP contribution < -0.4 is 0 Å². The average Bonchev–Trinajstić information content (AvgIpc) is 2.48. The van der Waals surface area contributed by atoms with Gasteiger partial charge in [0.25, 0.3) is 5.69 Å². The Kier molecular flexibility index (Phi) is 4.87. The van der Waals surface area contributed by atoms with Crippen LogP contribution in [0, 0.1) is 17.0 Å². The van der Waals surface area contributed by atoms with E-state index in [1.54, 1.807) is 13.0 Å². The lowest BCUT2D eigenvalue weighted by molar-refractivity contribution is -0.385. The smallest absolute Gasteiger partial charge is 0.336 e. The average molecular weight is 294 g/mol. The van der Waals surface area contributed by atoms with E-state index in [9.17, 15) is 14.9 Å². The van der Waals surface area contributed by atoms with E-state index in [0.717, 1.165) is 5.56 Å². The highest BCUT2D eigenvalue weighted by atomic mass is 16.6. The summed E-state index contributed by atoms with van der Waals surface area (Å²) in [4.78, 5) is 24.1. The first kappa shape index (κ1) is 15.4. The minimum Gasteiger partial charge on any atom is -0.467 e. The van der Waals surface area contributed by atoms with Gasteiger partial charge >= 0.3 is 5.97 Å². The SMILES string of the molecule is COC(=O)C1CN(Cc2cccc([N+](=O)[O-])c2C)CCO1. The highest BCUT2D eigenvalue weighted by molar-refractivity contribution is 5.74. The monoisotopic (exact) mass is 294 g/mol. The van der Waals surface area contributed by atoms with E-state index >= 15 is 0 Å². The lowest BCUT2D eigenvalue weighted by Crippen LogP contribution is -2.46. The van der Waals surface area contributed by atoms with Crippen LogP contribution in [0.5, 0.6) is 0 Å². The Morgan fingerprint density at radius 1 is 1.57 bits per heavy atom. The number of nitrogens with zero attached hydrogens (tertiary/aromatic N) is 2. The number of esters is 1. The standard InChI is InChI=1S/C14H18N2O5/c1-10-11(4-3-5-12(10)16(18)19)8-15-6-7-21-13(9-15)14(17)20-2/h3-5,13H,6-9H2,1-2H3. The first-order chi connectivity index (χ1) is 10.0. The molecule has 0 aromatic heterocycles. The number of carbonyl (C=O) groups excluding carboxylic acids is 1. The van der Waals surface area contributed by atoms with Crippen molar-refractivity contribution in [3.05, 3.63) is 39.4 Å². The Morgan fingerprint density at radius 3 is 3.00 bits per heavy atom. The van der Waals surface area contributed by atoms with E-state index in [0.29, 0.717) is 31.8 Å². The normalized spacial score (nSPS) is 19.2. The van der Waals surface area contributed by atoms with Gasteiger partial charge in [-0.05, 0) is 12.5 Å². The van der Waals surface area contributed by atoms with Crippen molar-refractivity contribution in [1.29, 1.82) is 0 Å². The summed E-state index contributed by atoms with van der Waals surface area (Å²) in [5.74, 6) is -0.393. The van der Waals surface area contributed by atoms with Crippen LogP contribution in [0.3, 0.4) is 0 Å². The van der Waals surface area contributed by atoms with Crippen LogP contribution in [0.1, 0.15) is 11.1 Å². The Hall–Kier alpha value is -1.99. The van der Waals surface area contributed by atoms with Gasteiger partial charge in [0.2, 0.25) is 0 Å². The molecule has 1 heterocycles. The van der Waals surface area contributed by atoms with Crippen LogP contribution in [-0.4, -0.2) is 48.7 Å². The number of methoxy groups -OCH3 is 1. The molecule has 0 bridgehead atoms. The summed E-state index contributed by atoms with van der Waals surface area (Å²) in [5, 5.41) is 11.0. The molecular weight excluding hydrogens is 276 g/mol. The van der Waals surface area contributed by atoms with Crippen molar-refractivity contribution in [1.82, 2.24) is 4.90 Å². The number of carbonyl (C=O) groups is 1. The molecule has 1 fully saturated rings. The summed E-state index contributed by atoms with van der Waals surface area (Å²) in [6, 6.07) is 5.04. The van der Waals surface area contributed by atoms with Gasteiger partial charge < -0.3 is 9.47 Å². The van der Waals surface area contributed by atoms with E-state index < -0.39 is 12.1 Å². The molecule has 0 radical (unpaired) electrons. The fraction of sp³-hybridized carbons (Fsp3) is 0.500. The molecule has 0 saturated carbocycles. The number of nitro benzene ring substituents is 1. The van der Waals surface area contributed by atoms with E-state index in [2.05, 4.69) is 4.74 Å². The van der Waals surface area contributed by atoms with Crippen LogP contribution in [-0.2, 0) is 20.8 Å².